The Hall–Kier alpha value is 0.220. The van der Waals surface area contributed by atoms with E-state index in [0.29, 0.717) is 6.42 Å². The largest absolute Gasteiger partial charge is 0.870 e. The Kier molecular flexibility index (Phi) is 5.28. The highest BCUT2D eigenvalue weighted by molar-refractivity contribution is 7.86. The van der Waals surface area contributed by atoms with E-state index in [2.05, 4.69) is 0 Å². The van der Waals surface area contributed by atoms with Gasteiger partial charge in [-0.2, -0.15) is 8.42 Å². The van der Waals surface area contributed by atoms with Crippen LogP contribution in [0.1, 0.15) is 19.8 Å². The fourth-order valence-electron chi connectivity index (χ4n) is 1.70. The van der Waals surface area contributed by atoms with Crippen molar-refractivity contribution in [3.8, 4) is 0 Å². The monoisotopic (exact) mass is 228 g/mol. The molecule has 1 aliphatic rings. The zero-order valence-electron chi connectivity index (χ0n) is 7.55. The highest BCUT2D eigenvalue weighted by Gasteiger charge is 2.36. The molecular formula is C7H16O4S2. The lowest BCUT2D eigenvalue weighted by Crippen LogP contribution is -2.29. The molecule has 0 radical (unpaired) electrons. The van der Waals surface area contributed by atoms with E-state index < -0.39 is 15.4 Å². The lowest BCUT2D eigenvalue weighted by atomic mass is 10.0. The van der Waals surface area contributed by atoms with Crippen LogP contribution in [0.4, 0.5) is 0 Å². The second kappa shape index (κ2) is 5.19. The highest BCUT2D eigenvalue weighted by Crippen LogP contribution is 2.24. The third-order valence-corrected chi connectivity index (χ3v) is 5.12. The average Bonchev–Trinajstić information content (AvgIpc) is 2.38. The van der Waals surface area contributed by atoms with Crippen LogP contribution in [0.3, 0.4) is 0 Å². The van der Waals surface area contributed by atoms with Crippen molar-refractivity contribution in [2.24, 2.45) is 5.92 Å². The molecule has 2 unspecified atom stereocenters. The number of rotatable bonds is 3. The summed E-state index contributed by atoms with van der Waals surface area (Å²) in [4.78, 5) is 0. The maximum atomic E-state index is 10.9. The SMILES string of the molecule is CCC(C1CC[SH+]C1)S(=O)(=O)O.[OH-]. The normalized spacial score (nSPS) is 25.2. The van der Waals surface area contributed by atoms with E-state index in [4.69, 9.17) is 4.55 Å². The van der Waals surface area contributed by atoms with Crippen molar-refractivity contribution in [2.75, 3.05) is 11.5 Å². The second-order valence-corrected chi connectivity index (χ2v) is 6.04. The van der Waals surface area contributed by atoms with E-state index in [1.807, 2.05) is 6.92 Å². The lowest BCUT2D eigenvalue weighted by Gasteiger charge is -2.15. The fraction of sp³-hybridized carbons (Fsp3) is 1.00. The molecule has 1 fully saturated rings. The first-order chi connectivity index (χ1) is 5.55. The van der Waals surface area contributed by atoms with Gasteiger partial charge < -0.3 is 5.48 Å². The molecular weight excluding hydrogens is 212 g/mol. The third-order valence-electron chi connectivity index (χ3n) is 2.33. The minimum Gasteiger partial charge on any atom is -0.870 e. The van der Waals surface area contributed by atoms with Gasteiger partial charge in [-0.1, -0.05) is 6.92 Å². The molecule has 0 saturated carbocycles. The van der Waals surface area contributed by atoms with Crippen LogP contribution in [-0.2, 0) is 21.9 Å². The average molecular weight is 228 g/mol. The predicted octanol–water partition coefficient (Wildman–Crippen LogP) is 0.311. The minimum absolute atomic E-state index is 0. The van der Waals surface area contributed by atoms with E-state index in [1.54, 1.807) is 0 Å². The Morgan fingerprint density at radius 1 is 1.62 bits per heavy atom. The Labute approximate surface area is 83.2 Å². The van der Waals surface area contributed by atoms with Gasteiger partial charge in [-0.25, -0.2) is 0 Å². The van der Waals surface area contributed by atoms with Crippen molar-refractivity contribution >= 4 is 21.9 Å². The number of hydrogen-bond donors (Lipinski definition) is 1. The van der Waals surface area contributed by atoms with Crippen LogP contribution in [0.2, 0.25) is 0 Å². The van der Waals surface area contributed by atoms with Gasteiger partial charge in [0.15, 0.2) is 0 Å². The van der Waals surface area contributed by atoms with E-state index >= 15 is 0 Å². The van der Waals surface area contributed by atoms with E-state index in [9.17, 15) is 8.42 Å². The van der Waals surface area contributed by atoms with Crippen LogP contribution in [0.15, 0.2) is 0 Å². The molecule has 0 aromatic carbocycles. The van der Waals surface area contributed by atoms with E-state index in [1.165, 1.54) is 11.8 Å². The molecule has 0 amide bonds. The summed E-state index contributed by atoms with van der Waals surface area (Å²) in [5, 5.41) is -0.521. The Morgan fingerprint density at radius 3 is 2.54 bits per heavy atom. The molecule has 2 atom stereocenters. The summed E-state index contributed by atoms with van der Waals surface area (Å²) in [6.45, 7) is 1.81. The molecule has 13 heavy (non-hydrogen) atoms. The minimum atomic E-state index is -3.80. The molecule has 4 nitrogen and oxygen atoms in total. The Bertz CT molecular complexity index is 231. The standard InChI is InChI=1S/C7H14O3S2.H2O/c1-2-7(12(8,9)10)6-3-4-11-5-6;/h6-7H,2-5H2,1H3,(H,8,9,10);1H2. The molecule has 0 aliphatic carbocycles. The summed E-state index contributed by atoms with van der Waals surface area (Å²) in [5.74, 6) is 2.20. The topological polar surface area (TPSA) is 84.4 Å². The first kappa shape index (κ1) is 13.2. The van der Waals surface area contributed by atoms with Crippen LogP contribution in [-0.4, -0.2) is 35.2 Å². The molecule has 0 aromatic heterocycles. The fourth-order valence-corrected chi connectivity index (χ4v) is 4.44. The third kappa shape index (κ3) is 3.46. The van der Waals surface area contributed by atoms with Gasteiger partial charge >= 0.3 is 0 Å². The number of thiol groups is 1. The molecule has 1 saturated heterocycles. The maximum Gasteiger partial charge on any atom is 0.268 e. The number of hydrogen-bond acceptors (Lipinski definition) is 3. The van der Waals surface area contributed by atoms with Gasteiger partial charge in [0.1, 0.15) is 11.5 Å². The van der Waals surface area contributed by atoms with Gasteiger partial charge in [0.2, 0.25) is 0 Å². The first-order valence-corrected chi connectivity index (χ1v) is 6.92. The van der Waals surface area contributed by atoms with Gasteiger partial charge in [-0.05, 0) is 18.2 Å². The quantitative estimate of drug-likeness (QED) is 0.428. The van der Waals surface area contributed by atoms with Crippen molar-refractivity contribution in [2.45, 2.75) is 25.0 Å². The van der Waals surface area contributed by atoms with Crippen LogP contribution in [0.5, 0.6) is 0 Å². The predicted molar refractivity (Wildman–Crippen MR) is 54.2 cm³/mol. The van der Waals surface area contributed by atoms with Crippen LogP contribution >= 0.6 is 0 Å². The van der Waals surface area contributed by atoms with E-state index in [-0.39, 0.29) is 11.4 Å². The van der Waals surface area contributed by atoms with Gasteiger partial charge in [0.05, 0.1) is 5.25 Å². The summed E-state index contributed by atoms with van der Waals surface area (Å²) in [7, 11) is -3.80. The summed E-state index contributed by atoms with van der Waals surface area (Å²) < 4.78 is 30.7. The summed E-state index contributed by atoms with van der Waals surface area (Å²) in [6.07, 6.45) is 1.47. The lowest BCUT2D eigenvalue weighted by molar-refractivity contribution is 0.429. The molecule has 0 aromatic rings. The van der Waals surface area contributed by atoms with Crippen LogP contribution in [0, 0.1) is 5.92 Å². The summed E-state index contributed by atoms with van der Waals surface area (Å²) in [6, 6.07) is 0. The molecule has 2 N–H and O–H groups in total. The first-order valence-electron chi connectivity index (χ1n) is 4.15. The Morgan fingerprint density at radius 2 is 2.23 bits per heavy atom. The molecule has 6 heteroatoms. The zero-order chi connectivity index (χ0) is 9.19. The summed E-state index contributed by atoms with van der Waals surface area (Å²) in [5.41, 5.74) is 0. The molecule has 80 valence electrons. The molecule has 1 aliphatic heterocycles. The zero-order valence-corrected chi connectivity index (χ0v) is 9.26. The Balaban J connectivity index is 0.00000144. The van der Waals surface area contributed by atoms with Crippen molar-refractivity contribution in [3.05, 3.63) is 0 Å². The maximum absolute atomic E-state index is 10.9. The van der Waals surface area contributed by atoms with Gasteiger partial charge in [-0.15, -0.1) is 0 Å². The van der Waals surface area contributed by atoms with Crippen LogP contribution in [0.25, 0.3) is 0 Å². The molecule has 1 heterocycles. The van der Waals surface area contributed by atoms with Gasteiger partial charge in [0, 0.05) is 12.3 Å². The van der Waals surface area contributed by atoms with Crippen LogP contribution < -0.4 is 0 Å². The van der Waals surface area contributed by atoms with Crippen molar-refractivity contribution in [1.29, 1.82) is 0 Å². The highest BCUT2D eigenvalue weighted by atomic mass is 32.2. The van der Waals surface area contributed by atoms with Gasteiger partial charge in [-0.3, -0.25) is 4.55 Å². The van der Waals surface area contributed by atoms with Crippen molar-refractivity contribution < 1.29 is 18.4 Å². The second-order valence-electron chi connectivity index (χ2n) is 3.14. The molecule has 0 bridgehead atoms. The molecule has 1 rings (SSSR count). The molecule has 0 spiro atoms. The van der Waals surface area contributed by atoms with Crippen molar-refractivity contribution in [1.82, 2.24) is 0 Å². The van der Waals surface area contributed by atoms with Crippen molar-refractivity contribution in [3.63, 3.8) is 0 Å². The summed E-state index contributed by atoms with van der Waals surface area (Å²) >= 11 is 1.33. The van der Waals surface area contributed by atoms with E-state index in [0.717, 1.165) is 17.9 Å². The smallest absolute Gasteiger partial charge is 0.268 e. The van der Waals surface area contributed by atoms with Gasteiger partial charge in [0.25, 0.3) is 10.1 Å².